The van der Waals surface area contributed by atoms with Gasteiger partial charge in [0.25, 0.3) is 0 Å². The van der Waals surface area contributed by atoms with E-state index in [2.05, 4.69) is 51.6 Å². The van der Waals surface area contributed by atoms with Crippen molar-refractivity contribution in [3.8, 4) is 0 Å². The maximum atomic E-state index is 6.70. The van der Waals surface area contributed by atoms with Gasteiger partial charge in [-0.05, 0) is 40.4 Å². The van der Waals surface area contributed by atoms with Gasteiger partial charge in [0.15, 0.2) is 0 Å². The molecule has 0 amide bonds. The van der Waals surface area contributed by atoms with Gasteiger partial charge in [-0.3, -0.25) is 0 Å². The highest BCUT2D eigenvalue weighted by molar-refractivity contribution is 5.14. The maximum Gasteiger partial charge on any atom is 0.0662 e. The van der Waals surface area contributed by atoms with Crippen LogP contribution in [0.3, 0.4) is 0 Å². The van der Waals surface area contributed by atoms with Gasteiger partial charge in [0.1, 0.15) is 0 Å². The molecule has 1 aliphatic rings. The molecule has 0 aromatic rings. The van der Waals surface area contributed by atoms with Crippen LogP contribution in [-0.4, -0.2) is 68.3 Å². The van der Waals surface area contributed by atoms with Crippen LogP contribution in [0.4, 0.5) is 0 Å². The van der Waals surface area contributed by atoms with Gasteiger partial charge in [0.05, 0.1) is 6.10 Å². The van der Waals surface area contributed by atoms with Crippen molar-refractivity contribution in [3.63, 3.8) is 0 Å². The number of nitrogens with two attached hydrogens (primary N) is 1. The Morgan fingerprint density at radius 1 is 1.15 bits per heavy atom. The van der Waals surface area contributed by atoms with Crippen LogP contribution in [0.2, 0.25) is 0 Å². The van der Waals surface area contributed by atoms with Crippen molar-refractivity contribution in [1.82, 2.24) is 9.80 Å². The van der Waals surface area contributed by atoms with Crippen molar-refractivity contribution in [2.75, 3.05) is 46.9 Å². The van der Waals surface area contributed by atoms with Crippen LogP contribution in [0.25, 0.3) is 0 Å². The third-order valence-corrected chi connectivity index (χ3v) is 4.91. The topological polar surface area (TPSA) is 41.7 Å². The molecular weight excluding hydrogens is 250 g/mol. The van der Waals surface area contributed by atoms with E-state index in [1.54, 1.807) is 0 Å². The number of hydrogen-bond donors (Lipinski definition) is 1. The molecule has 4 nitrogen and oxygen atoms in total. The monoisotopic (exact) mass is 285 g/mol. The van der Waals surface area contributed by atoms with Crippen LogP contribution < -0.4 is 5.73 Å². The second-order valence-electron chi connectivity index (χ2n) is 7.11. The average molecular weight is 285 g/mol. The van der Waals surface area contributed by atoms with Crippen molar-refractivity contribution in [1.29, 1.82) is 0 Å². The van der Waals surface area contributed by atoms with Crippen molar-refractivity contribution >= 4 is 0 Å². The predicted molar refractivity (Wildman–Crippen MR) is 86.0 cm³/mol. The van der Waals surface area contributed by atoms with E-state index < -0.39 is 0 Å². The zero-order chi connectivity index (χ0) is 15.4. The van der Waals surface area contributed by atoms with Gasteiger partial charge in [-0.2, -0.15) is 0 Å². The Morgan fingerprint density at radius 3 is 2.25 bits per heavy atom. The molecule has 0 saturated heterocycles. The van der Waals surface area contributed by atoms with E-state index >= 15 is 0 Å². The van der Waals surface area contributed by atoms with Gasteiger partial charge < -0.3 is 20.3 Å². The second-order valence-corrected chi connectivity index (χ2v) is 7.11. The molecule has 120 valence electrons. The summed E-state index contributed by atoms with van der Waals surface area (Å²) in [5.74, 6) is 0. The predicted octanol–water partition coefficient (Wildman–Crippen LogP) is 1.79. The van der Waals surface area contributed by atoms with Gasteiger partial charge >= 0.3 is 0 Å². The van der Waals surface area contributed by atoms with Crippen molar-refractivity contribution in [3.05, 3.63) is 0 Å². The number of ether oxygens (including phenoxy) is 1. The lowest BCUT2D eigenvalue weighted by Gasteiger charge is -2.60. The molecule has 2 unspecified atom stereocenters. The number of likely N-dealkylation sites (N-methyl/N-ethyl adjacent to an activating group) is 1. The first-order chi connectivity index (χ1) is 9.26. The summed E-state index contributed by atoms with van der Waals surface area (Å²) in [5, 5.41) is 0. The molecule has 2 atom stereocenters. The maximum absolute atomic E-state index is 6.70. The molecule has 20 heavy (non-hydrogen) atoms. The van der Waals surface area contributed by atoms with Gasteiger partial charge in [-0.15, -0.1) is 0 Å². The van der Waals surface area contributed by atoms with Crippen LogP contribution in [-0.2, 0) is 4.74 Å². The Morgan fingerprint density at radius 2 is 1.80 bits per heavy atom. The largest absolute Gasteiger partial charge is 0.378 e. The van der Waals surface area contributed by atoms with Crippen LogP contribution in [0.5, 0.6) is 0 Å². The summed E-state index contributed by atoms with van der Waals surface area (Å²) in [7, 11) is 4.25. The highest BCUT2D eigenvalue weighted by Gasteiger charge is 2.58. The Hall–Kier alpha value is -0.160. The SMILES string of the molecule is CCCN(CCN(C)C)CC1(N)CC(OCC)C1(C)C. The minimum absolute atomic E-state index is 0.0626. The van der Waals surface area contributed by atoms with Gasteiger partial charge in [0, 0.05) is 37.2 Å². The molecule has 0 heterocycles. The fraction of sp³-hybridized carbons (Fsp3) is 1.00. The first-order valence-electron chi connectivity index (χ1n) is 8.04. The molecule has 1 saturated carbocycles. The molecule has 1 aliphatic carbocycles. The quantitative estimate of drug-likeness (QED) is 0.701. The molecule has 1 fully saturated rings. The van der Waals surface area contributed by atoms with Crippen molar-refractivity contribution in [2.45, 2.75) is 52.2 Å². The van der Waals surface area contributed by atoms with Gasteiger partial charge in [0.2, 0.25) is 0 Å². The molecule has 0 spiro atoms. The van der Waals surface area contributed by atoms with Crippen molar-refractivity contribution < 1.29 is 4.74 Å². The molecule has 0 aromatic heterocycles. The number of rotatable bonds is 9. The summed E-state index contributed by atoms with van der Waals surface area (Å²) in [5.41, 5.74) is 6.65. The lowest BCUT2D eigenvalue weighted by Crippen LogP contribution is -2.73. The molecule has 2 N–H and O–H groups in total. The Kier molecular flexibility index (Phi) is 6.45. The number of nitrogens with zero attached hydrogens (tertiary/aromatic N) is 2. The Balaban J connectivity index is 2.59. The highest BCUT2D eigenvalue weighted by Crippen LogP contribution is 2.50. The van der Waals surface area contributed by atoms with Crippen LogP contribution >= 0.6 is 0 Å². The molecule has 1 rings (SSSR count). The molecular formula is C16H35N3O. The average Bonchev–Trinajstić information content (AvgIpc) is 2.36. The van der Waals surface area contributed by atoms with E-state index in [0.29, 0.717) is 6.10 Å². The van der Waals surface area contributed by atoms with E-state index in [-0.39, 0.29) is 11.0 Å². The first-order valence-corrected chi connectivity index (χ1v) is 8.04. The molecule has 0 bridgehead atoms. The highest BCUT2D eigenvalue weighted by atomic mass is 16.5. The standard InChI is InChI=1S/C16H35N3O/c1-7-9-19(11-10-18(5)6)13-16(17)12-14(20-8-2)15(16,3)4/h14H,7-13,17H2,1-6H3. The smallest absolute Gasteiger partial charge is 0.0662 e. The van der Waals surface area contributed by atoms with Crippen LogP contribution in [0.1, 0.15) is 40.5 Å². The molecule has 4 heteroatoms. The lowest BCUT2D eigenvalue weighted by molar-refractivity contribution is -0.156. The summed E-state index contributed by atoms with van der Waals surface area (Å²) in [6.07, 6.45) is 2.48. The third kappa shape index (κ3) is 3.94. The van der Waals surface area contributed by atoms with E-state index in [9.17, 15) is 0 Å². The fourth-order valence-corrected chi connectivity index (χ4v) is 3.10. The lowest BCUT2D eigenvalue weighted by atomic mass is 9.54. The second kappa shape index (κ2) is 7.21. The molecule has 0 aromatic carbocycles. The fourth-order valence-electron chi connectivity index (χ4n) is 3.10. The Labute approximate surface area is 125 Å². The molecule has 0 aliphatic heterocycles. The van der Waals surface area contributed by atoms with E-state index in [1.165, 1.54) is 6.42 Å². The zero-order valence-electron chi connectivity index (χ0n) is 14.4. The zero-order valence-corrected chi connectivity index (χ0v) is 14.4. The van der Waals surface area contributed by atoms with Crippen LogP contribution in [0.15, 0.2) is 0 Å². The summed E-state index contributed by atoms with van der Waals surface area (Å²) in [6, 6.07) is 0. The normalized spacial score (nSPS) is 28.9. The molecule has 0 radical (unpaired) electrons. The summed E-state index contributed by atoms with van der Waals surface area (Å²) in [4.78, 5) is 4.75. The van der Waals surface area contributed by atoms with E-state index in [4.69, 9.17) is 10.5 Å². The van der Waals surface area contributed by atoms with Crippen LogP contribution in [0, 0.1) is 5.41 Å². The van der Waals surface area contributed by atoms with Gasteiger partial charge in [-0.1, -0.05) is 20.8 Å². The van der Waals surface area contributed by atoms with E-state index in [0.717, 1.165) is 39.2 Å². The van der Waals surface area contributed by atoms with Crippen molar-refractivity contribution in [2.24, 2.45) is 11.1 Å². The summed E-state index contributed by atoms with van der Waals surface area (Å²) >= 11 is 0. The Bertz CT molecular complexity index is 293. The van der Waals surface area contributed by atoms with E-state index in [1.807, 2.05) is 0 Å². The minimum atomic E-state index is -0.117. The number of hydrogen-bond acceptors (Lipinski definition) is 4. The third-order valence-electron chi connectivity index (χ3n) is 4.91. The first kappa shape index (κ1) is 17.9. The minimum Gasteiger partial charge on any atom is -0.378 e. The van der Waals surface area contributed by atoms with Gasteiger partial charge in [-0.25, -0.2) is 0 Å². The summed E-state index contributed by atoms with van der Waals surface area (Å²) < 4.78 is 5.82. The summed E-state index contributed by atoms with van der Waals surface area (Å²) in [6.45, 7) is 13.9.